The van der Waals surface area contributed by atoms with Gasteiger partial charge in [0.2, 0.25) is 10.0 Å². The second-order valence-corrected chi connectivity index (χ2v) is 6.76. The van der Waals surface area contributed by atoms with Crippen molar-refractivity contribution in [3.05, 3.63) is 29.6 Å². The summed E-state index contributed by atoms with van der Waals surface area (Å²) in [6.45, 7) is 2.48. The molecule has 1 atom stereocenters. The third kappa shape index (κ3) is 4.18. The van der Waals surface area contributed by atoms with Gasteiger partial charge >= 0.3 is 0 Å². The average molecular weight is 286 g/mol. The quantitative estimate of drug-likeness (QED) is 0.890. The van der Waals surface area contributed by atoms with Gasteiger partial charge in [-0.25, -0.2) is 12.8 Å². The lowest BCUT2D eigenvalue weighted by atomic mass is 10.1. The van der Waals surface area contributed by atoms with Crippen molar-refractivity contribution in [2.24, 2.45) is 0 Å². The number of piperidine rings is 1. The van der Waals surface area contributed by atoms with Crippen LogP contribution in [0, 0.1) is 12.7 Å². The van der Waals surface area contributed by atoms with Gasteiger partial charge < -0.3 is 5.32 Å². The van der Waals surface area contributed by atoms with Crippen LogP contribution in [0.15, 0.2) is 18.2 Å². The molecule has 0 bridgehead atoms. The standard InChI is InChI=1S/C13H19FN2O2S/c1-10-8-11(5-6-13(10)14)16-19(17,18)9-12-4-2-3-7-15-12/h5-6,8,12,15-16H,2-4,7,9H2,1H3. The minimum atomic E-state index is -3.40. The van der Waals surface area contributed by atoms with E-state index in [1.165, 1.54) is 18.2 Å². The van der Waals surface area contributed by atoms with Crippen LogP contribution in [0.4, 0.5) is 10.1 Å². The first-order chi connectivity index (χ1) is 8.96. The lowest BCUT2D eigenvalue weighted by Gasteiger charge is -2.23. The molecule has 0 aromatic heterocycles. The molecule has 1 aliphatic rings. The molecule has 0 radical (unpaired) electrons. The summed E-state index contributed by atoms with van der Waals surface area (Å²) in [6.07, 6.45) is 3.04. The number of anilines is 1. The van der Waals surface area contributed by atoms with Gasteiger partial charge in [-0.05, 0) is 50.1 Å². The van der Waals surface area contributed by atoms with E-state index in [9.17, 15) is 12.8 Å². The van der Waals surface area contributed by atoms with E-state index in [-0.39, 0.29) is 17.6 Å². The van der Waals surface area contributed by atoms with Gasteiger partial charge in [0.15, 0.2) is 0 Å². The maximum absolute atomic E-state index is 13.1. The van der Waals surface area contributed by atoms with E-state index in [2.05, 4.69) is 10.0 Å². The maximum atomic E-state index is 13.1. The van der Waals surface area contributed by atoms with Crippen LogP contribution in [0.5, 0.6) is 0 Å². The highest BCUT2D eigenvalue weighted by Gasteiger charge is 2.20. The molecule has 1 saturated heterocycles. The van der Waals surface area contributed by atoms with E-state index in [0.717, 1.165) is 25.8 Å². The minimum absolute atomic E-state index is 0.00722. The van der Waals surface area contributed by atoms with E-state index < -0.39 is 10.0 Å². The van der Waals surface area contributed by atoms with Crippen LogP contribution in [0.2, 0.25) is 0 Å². The second-order valence-electron chi connectivity index (χ2n) is 4.99. The lowest BCUT2D eigenvalue weighted by molar-refractivity contribution is 0.424. The lowest BCUT2D eigenvalue weighted by Crippen LogP contribution is -2.40. The molecule has 0 spiro atoms. The first-order valence-corrected chi connectivity index (χ1v) is 8.11. The van der Waals surface area contributed by atoms with E-state index in [4.69, 9.17) is 0 Å². The number of benzene rings is 1. The summed E-state index contributed by atoms with van der Waals surface area (Å²) in [5.41, 5.74) is 0.839. The van der Waals surface area contributed by atoms with Crippen molar-refractivity contribution in [3.63, 3.8) is 0 Å². The molecular formula is C13H19FN2O2S. The Hall–Kier alpha value is -1.14. The van der Waals surface area contributed by atoms with E-state index >= 15 is 0 Å². The van der Waals surface area contributed by atoms with Crippen LogP contribution in [0.25, 0.3) is 0 Å². The Morgan fingerprint density at radius 3 is 2.84 bits per heavy atom. The molecule has 1 aromatic rings. The number of hydrogen-bond acceptors (Lipinski definition) is 3. The van der Waals surface area contributed by atoms with Gasteiger partial charge in [-0.2, -0.15) is 0 Å². The van der Waals surface area contributed by atoms with Crippen LogP contribution in [0.1, 0.15) is 24.8 Å². The molecule has 0 aliphatic carbocycles. The number of rotatable bonds is 4. The predicted molar refractivity (Wildman–Crippen MR) is 74.2 cm³/mol. The number of hydrogen-bond donors (Lipinski definition) is 2. The molecular weight excluding hydrogens is 267 g/mol. The number of halogens is 1. The smallest absolute Gasteiger partial charge is 0.234 e. The second kappa shape index (κ2) is 5.88. The number of nitrogens with one attached hydrogen (secondary N) is 2. The Bertz CT molecular complexity index is 540. The minimum Gasteiger partial charge on any atom is -0.313 e. The monoisotopic (exact) mass is 286 g/mol. The Labute approximate surface area is 113 Å². The van der Waals surface area contributed by atoms with Crippen molar-refractivity contribution < 1.29 is 12.8 Å². The fourth-order valence-electron chi connectivity index (χ4n) is 2.26. The fourth-order valence-corrected chi connectivity index (χ4v) is 3.64. The van der Waals surface area contributed by atoms with Crippen LogP contribution >= 0.6 is 0 Å². The van der Waals surface area contributed by atoms with Gasteiger partial charge in [0.1, 0.15) is 5.82 Å². The summed E-state index contributed by atoms with van der Waals surface area (Å²) in [5, 5.41) is 3.20. The first kappa shape index (κ1) is 14.3. The fraction of sp³-hybridized carbons (Fsp3) is 0.538. The summed E-state index contributed by atoms with van der Waals surface area (Å²) in [5.74, 6) is -0.277. The van der Waals surface area contributed by atoms with Crippen LogP contribution < -0.4 is 10.0 Å². The SMILES string of the molecule is Cc1cc(NS(=O)(=O)CC2CCCCN2)ccc1F. The first-order valence-electron chi connectivity index (χ1n) is 6.46. The van der Waals surface area contributed by atoms with Crippen molar-refractivity contribution in [2.75, 3.05) is 17.0 Å². The molecule has 0 amide bonds. The predicted octanol–water partition coefficient (Wildman–Crippen LogP) is 2.02. The van der Waals surface area contributed by atoms with Crippen molar-refractivity contribution >= 4 is 15.7 Å². The average Bonchev–Trinajstić information content (AvgIpc) is 2.34. The topological polar surface area (TPSA) is 58.2 Å². The van der Waals surface area contributed by atoms with E-state index in [0.29, 0.717) is 11.3 Å². The summed E-state index contributed by atoms with van der Waals surface area (Å²) in [6, 6.07) is 4.22. The van der Waals surface area contributed by atoms with E-state index in [1.807, 2.05) is 0 Å². The van der Waals surface area contributed by atoms with Crippen LogP contribution in [0.3, 0.4) is 0 Å². The molecule has 6 heteroatoms. The largest absolute Gasteiger partial charge is 0.313 e. The highest BCUT2D eigenvalue weighted by atomic mass is 32.2. The van der Waals surface area contributed by atoms with Gasteiger partial charge in [-0.1, -0.05) is 6.42 Å². The van der Waals surface area contributed by atoms with E-state index in [1.54, 1.807) is 6.92 Å². The molecule has 4 nitrogen and oxygen atoms in total. The molecule has 1 heterocycles. The Kier molecular flexibility index (Phi) is 4.42. The molecule has 1 fully saturated rings. The third-order valence-electron chi connectivity index (χ3n) is 3.26. The summed E-state index contributed by atoms with van der Waals surface area (Å²) in [7, 11) is -3.40. The molecule has 19 heavy (non-hydrogen) atoms. The Morgan fingerprint density at radius 1 is 1.42 bits per heavy atom. The van der Waals surface area contributed by atoms with Crippen LogP contribution in [-0.4, -0.2) is 26.8 Å². The number of sulfonamides is 1. The maximum Gasteiger partial charge on any atom is 0.234 e. The van der Waals surface area contributed by atoms with Gasteiger partial charge in [0.05, 0.1) is 5.75 Å². The molecule has 1 aliphatic heterocycles. The zero-order chi connectivity index (χ0) is 13.9. The summed E-state index contributed by atoms with van der Waals surface area (Å²) >= 11 is 0. The summed E-state index contributed by atoms with van der Waals surface area (Å²) in [4.78, 5) is 0. The van der Waals surface area contributed by atoms with Gasteiger partial charge in [0, 0.05) is 11.7 Å². The van der Waals surface area contributed by atoms with Crippen molar-refractivity contribution in [3.8, 4) is 0 Å². The van der Waals surface area contributed by atoms with Crippen molar-refractivity contribution in [1.82, 2.24) is 5.32 Å². The molecule has 106 valence electrons. The molecule has 1 unspecified atom stereocenters. The highest BCUT2D eigenvalue weighted by molar-refractivity contribution is 7.92. The van der Waals surface area contributed by atoms with Crippen molar-refractivity contribution in [2.45, 2.75) is 32.2 Å². The normalized spacial score (nSPS) is 20.2. The van der Waals surface area contributed by atoms with Gasteiger partial charge in [-0.3, -0.25) is 4.72 Å². The van der Waals surface area contributed by atoms with Gasteiger partial charge in [-0.15, -0.1) is 0 Å². The zero-order valence-electron chi connectivity index (χ0n) is 10.9. The van der Waals surface area contributed by atoms with Gasteiger partial charge in [0.25, 0.3) is 0 Å². The zero-order valence-corrected chi connectivity index (χ0v) is 11.8. The molecule has 1 aromatic carbocycles. The molecule has 2 N–H and O–H groups in total. The molecule has 0 saturated carbocycles. The highest BCUT2D eigenvalue weighted by Crippen LogP contribution is 2.16. The molecule has 2 rings (SSSR count). The Morgan fingerprint density at radius 2 is 2.21 bits per heavy atom. The number of aryl methyl sites for hydroxylation is 1. The Balaban J connectivity index is 2.01. The summed E-state index contributed by atoms with van der Waals surface area (Å²) < 4.78 is 39.7. The third-order valence-corrected chi connectivity index (χ3v) is 4.65. The van der Waals surface area contributed by atoms with Crippen LogP contribution in [-0.2, 0) is 10.0 Å². The van der Waals surface area contributed by atoms with Crippen molar-refractivity contribution in [1.29, 1.82) is 0 Å².